The van der Waals surface area contributed by atoms with E-state index in [1.54, 1.807) is 6.07 Å². The van der Waals surface area contributed by atoms with Gasteiger partial charge in [0.15, 0.2) is 0 Å². The number of hydrogen-bond donors (Lipinski definition) is 2. The first kappa shape index (κ1) is 14.6. The van der Waals surface area contributed by atoms with E-state index in [4.69, 9.17) is 17.3 Å². The number of rotatable bonds is 2. The van der Waals surface area contributed by atoms with Gasteiger partial charge in [-0.2, -0.15) is 0 Å². The third-order valence-corrected chi connectivity index (χ3v) is 3.36. The fourth-order valence-electron chi connectivity index (χ4n) is 1.75. The predicted molar refractivity (Wildman–Crippen MR) is 84.6 cm³/mol. The standard InChI is InChI=1S/C15H19ClN4/c1-9-10(16)6-5-7-11(9)18-13-8-12(17)19-14(20-13)15(2,3)4/h5-8H,1-4H3,(H3,17,18,19,20). The van der Waals surface area contributed by atoms with E-state index in [1.807, 2.05) is 25.1 Å². The number of benzene rings is 1. The third kappa shape index (κ3) is 3.20. The van der Waals surface area contributed by atoms with Gasteiger partial charge in [-0.25, -0.2) is 9.97 Å². The summed E-state index contributed by atoms with van der Waals surface area (Å²) in [6.07, 6.45) is 0. The lowest BCUT2D eigenvalue weighted by Gasteiger charge is -2.18. The molecule has 1 heterocycles. The van der Waals surface area contributed by atoms with Crippen LogP contribution in [0.15, 0.2) is 24.3 Å². The first-order chi connectivity index (χ1) is 9.27. The minimum Gasteiger partial charge on any atom is -0.384 e. The third-order valence-electron chi connectivity index (χ3n) is 2.95. The molecule has 3 N–H and O–H groups in total. The minimum atomic E-state index is -0.158. The Morgan fingerprint density at radius 3 is 2.55 bits per heavy atom. The zero-order valence-corrected chi connectivity index (χ0v) is 12.9. The van der Waals surface area contributed by atoms with Gasteiger partial charge in [-0.1, -0.05) is 38.4 Å². The molecule has 0 aliphatic rings. The lowest BCUT2D eigenvalue weighted by atomic mass is 9.96. The Morgan fingerprint density at radius 1 is 1.20 bits per heavy atom. The zero-order chi connectivity index (χ0) is 14.9. The molecular weight excluding hydrogens is 272 g/mol. The van der Waals surface area contributed by atoms with Crippen molar-refractivity contribution in [1.82, 2.24) is 9.97 Å². The smallest absolute Gasteiger partial charge is 0.138 e. The van der Waals surface area contributed by atoms with Gasteiger partial charge in [-0.05, 0) is 24.6 Å². The van der Waals surface area contributed by atoms with Crippen molar-refractivity contribution in [3.63, 3.8) is 0 Å². The average Bonchev–Trinajstić information content (AvgIpc) is 2.33. The number of nitrogen functional groups attached to an aromatic ring is 1. The number of nitrogens with one attached hydrogen (secondary N) is 1. The van der Waals surface area contributed by atoms with E-state index in [1.165, 1.54) is 0 Å². The number of hydrogen-bond acceptors (Lipinski definition) is 4. The molecule has 0 unspecified atom stereocenters. The van der Waals surface area contributed by atoms with Crippen LogP contribution in [-0.4, -0.2) is 9.97 Å². The Hall–Kier alpha value is -1.81. The van der Waals surface area contributed by atoms with Gasteiger partial charge in [0.05, 0.1) is 0 Å². The first-order valence-electron chi connectivity index (χ1n) is 6.44. The summed E-state index contributed by atoms with van der Waals surface area (Å²) >= 11 is 6.12. The molecule has 0 spiro atoms. The monoisotopic (exact) mass is 290 g/mol. The molecule has 0 bridgehead atoms. The molecule has 0 aliphatic heterocycles. The normalized spacial score (nSPS) is 11.4. The minimum absolute atomic E-state index is 0.158. The molecule has 0 saturated carbocycles. The van der Waals surface area contributed by atoms with Gasteiger partial charge in [0.25, 0.3) is 0 Å². The van der Waals surface area contributed by atoms with E-state index in [0.29, 0.717) is 22.5 Å². The van der Waals surface area contributed by atoms with Gasteiger partial charge in [0, 0.05) is 22.2 Å². The SMILES string of the molecule is Cc1c(Cl)cccc1Nc1cc(N)nc(C(C)(C)C)n1. The van der Waals surface area contributed by atoms with E-state index in [-0.39, 0.29) is 5.41 Å². The Bertz CT molecular complexity index is 632. The Kier molecular flexibility index (Phi) is 3.86. The maximum absolute atomic E-state index is 6.12. The quantitative estimate of drug-likeness (QED) is 0.875. The molecule has 20 heavy (non-hydrogen) atoms. The Labute approximate surface area is 124 Å². The van der Waals surface area contributed by atoms with E-state index >= 15 is 0 Å². The molecule has 1 aromatic carbocycles. The van der Waals surface area contributed by atoms with Gasteiger partial charge in [-0.3, -0.25) is 0 Å². The van der Waals surface area contributed by atoms with Crippen LogP contribution in [0.1, 0.15) is 32.2 Å². The van der Waals surface area contributed by atoms with E-state index < -0.39 is 0 Å². The number of halogens is 1. The predicted octanol–water partition coefficient (Wildman–Crippen LogP) is 4.06. The molecule has 2 aromatic rings. The Balaban J connectivity index is 2.39. The highest BCUT2D eigenvalue weighted by Crippen LogP contribution is 2.27. The van der Waals surface area contributed by atoms with Crippen LogP contribution in [0.5, 0.6) is 0 Å². The largest absolute Gasteiger partial charge is 0.384 e. The lowest BCUT2D eigenvalue weighted by molar-refractivity contribution is 0.547. The topological polar surface area (TPSA) is 63.8 Å². The average molecular weight is 291 g/mol. The van der Waals surface area contributed by atoms with Crippen LogP contribution >= 0.6 is 11.6 Å². The summed E-state index contributed by atoms with van der Waals surface area (Å²) in [7, 11) is 0. The van der Waals surface area contributed by atoms with E-state index in [2.05, 4.69) is 36.1 Å². The van der Waals surface area contributed by atoms with Crippen LogP contribution < -0.4 is 11.1 Å². The lowest BCUT2D eigenvalue weighted by Crippen LogP contribution is -2.17. The number of nitrogens with zero attached hydrogens (tertiary/aromatic N) is 2. The van der Waals surface area contributed by atoms with Crippen molar-refractivity contribution < 1.29 is 0 Å². The van der Waals surface area contributed by atoms with Gasteiger partial charge in [-0.15, -0.1) is 0 Å². The summed E-state index contributed by atoms with van der Waals surface area (Å²) in [6, 6.07) is 7.43. The highest BCUT2D eigenvalue weighted by atomic mass is 35.5. The van der Waals surface area contributed by atoms with Crippen molar-refractivity contribution in [3.8, 4) is 0 Å². The van der Waals surface area contributed by atoms with Crippen molar-refractivity contribution in [2.45, 2.75) is 33.1 Å². The summed E-state index contributed by atoms with van der Waals surface area (Å²) < 4.78 is 0. The van der Waals surface area contributed by atoms with Crippen LogP contribution in [0.4, 0.5) is 17.3 Å². The second-order valence-electron chi connectivity index (χ2n) is 5.79. The van der Waals surface area contributed by atoms with Crippen molar-refractivity contribution >= 4 is 28.9 Å². The van der Waals surface area contributed by atoms with Crippen molar-refractivity contribution in [2.75, 3.05) is 11.1 Å². The molecular formula is C15H19ClN4. The summed E-state index contributed by atoms with van der Waals surface area (Å²) in [5.74, 6) is 1.83. The summed E-state index contributed by atoms with van der Waals surface area (Å²) in [5, 5.41) is 3.97. The van der Waals surface area contributed by atoms with Gasteiger partial charge >= 0.3 is 0 Å². The maximum atomic E-state index is 6.12. The summed E-state index contributed by atoms with van der Waals surface area (Å²) in [4.78, 5) is 8.81. The molecule has 0 amide bonds. The van der Waals surface area contributed by atoms with Crippen molar-refractivity contribution in [1.29, 1.82) is 0 Å². The summed E-state index contributed by atoms with van der Waals surface area (Å²) in [5.41, 5.74) is 7.59. The van der Waals surface area contributed by atoms with E-state index in [0.717, 1.165) is 11.3 Å². The molecule has 5 heteroatoms. The number of nitrogens with two attached hydrogens (primary N) is 1. The van der Waals surface area contributed by atoms with Crippen LogP contribution in [0.2, 0.25) is 5.02 Å². The second-order valence-corrected chi connectivity index (χ2v) is 6.20. The van der Waals surface area contributed by atoms with Gasteiger partial charge in [0.1, 0.15) is 17.5 Å². The molecule has 0 fully saturated rings. The first-order valence-corrected chi connectivity index (χ1v) is 6.82. The van der Waals surface area contributed by atoms with Crippen molar-refractivity contribution in [3.05, 3.63) is 40.7 Å². The van der Waals surface area contributed by atoms with Crippen LogP contribution in [0, 0.1) is 6.92 Å². The highest BCUT2D eigenvalue weighted by Gasteiger charge is 2.18. The van der Waals surface area contributed by atoms with Gasteiger partial charge < -0.3 is 11.1 Å². The zero-order valence-electron chi connectivity index (χ0n) is 12.2. The van der Waals surface area contributed by atoms with Crippen LogP contribution in [0.3, 0.4) is 0 Å². The Morgan fingerprint density at radius 2 is 1.90 bits per heavy atom. The molecule has 0 saturated heterocycles. The number of aromatic nitrogens is 2. The van der Waals surface area contributed by atoms with Crippen molar-refractivity contribution in [2.24, 2.45) is 0 Å². The van der Waals surface area contributed by atoms with E-state index in [9.17, 15) is 0 Å². The fourth-order valence-corrected chi connectivity index (χ4v) is 1.92. The molecule has 0 aliphatic carbocycles. The van der Waals surface area contributed by atoms with Crippen LogP contribution in [-0.2, 0) is 5.41 Å². The molecule has 106 valence electrons. The molecule has 4 nitrogen and oxygen atoms in total. The second kappa shape index (κ2) is 5.29. The molecule has 0 radical (unpaired) electrons. The number of anilines is 3. The fraction of sp³-hybridized carbons (Fsp3) is 0.333. The maximum Gasteiger partial charge on any atom is 0.138 e. The molecule has 1 aromatic heterocycles. The highest BCUT2D eigenvalue weighted by molar-refractivity contribution is 6.31. The molecule has 0 atom stereocenters. The molecule has 2 rings (SSSR count). The van der Waals surface area contributed by atoms with Crippen LogP contribution in [0.25, 0.3) is 0 Å². The summed E-state index contributed by atoms with van der Waals surface area (Å²) in [6.45, 7) is 8.11. The van der Waals surface area contributed by atoms with Gasteiger partial charge in [0.2, 0.25) is 0 Å².